The van der Waals surface area contributed by atoms with Crippen molar-refractivity contribution in [3.8, 4) is 0 Å². The van der Waals surface area contributed by atoms with Crippen LogP contribution in [0.4, 0.5) is 0 Å². The van der Waals surface area contributed by atoms with Crippen molar-refractivity contribution in [2.75, 3.05) is 0 Å². The van der Waals surface area contributed by atoms with E-state index in [-0.39, 0.29) is 11.2 Å². The summed E-state index contributed by atoms with van der Waals surface area (Å²) in [7, 11) is 0. The number of carbonyl (C=O) groups excluding carboxylic acids is 1. The number of rotatable bonds is 8. The van der Waals surface area contributed by atoms with Gasteiger partial charge in [-0.1, -0.05) is 65.9 Å². The van der Waals surface area contributed by atoms with Crippen LogP contribution in [-0.4, -0.2) is 5.78 Å². The number of hydrogen-bond acceptors (Lipinski definition) is 1. The molecule has 0 spiro atoms. The molecule has 0 aliphatic rings. The zero-order chi connectivity index (χ0) is 12.4. The van der Waals surface area contributed by atoms with Gasteiger partial charge in [-0.25, -0.2) is 0 Å². The number of ketones is 1. The Bertz CT molecular complexity index is 208. The molecule has 1 heteroatoms. The maximum Gasteiger partial charge on any atom is 0.155 e. The first kappa shape index (κ1) is 15.4. The van der Waals surface area contributed by atoms with E-state index in [0.717, 1.165) is 12.8 Å². The predicted octanol–water partition coefficient (Wildman–Crippen LogP) is 4.91. The maximum absolute atomic E-state index is 11.5. The summed E-state index contributed by atoms with van der Waals surface area (Å²) in [5.41, 5.74) is 0.122. The molecule has 0 saturated heterocycles. The van der Waals surface area contributed by atoms with Crippen LogP contribution in [0.15, 0.2) is 12.2 Å². The molecule has 1 nitrogen and oxygen atoms in total. The lowest BCUT2D eigenvalue weighted by molar-refractivity contribution is -0.114. The lowest BCUT2D eigenvalue weighted by Gasteiger charge is -2.10. The van der Waals surface area contributed by atoms with Crippen molar-refractivity contribution in [1.82, 2.24) is 0 Å². The van der Waals surface area contributed by atoms with E-state index in [4.69, 9.17) is 0 Å². The van der Waals surface area contributed by atoms with Gasteiger partial charge in [-0.3, -0.25) is 4.79 Å². The first-order chi connectivity index (χ1) is 7.45. The van der Waals surface area contributed by atoms with Crippen molar-refractivity contribution in [2.24, 2.45) is 5.41 Å². The molecule has 0 aromatic heterocycles. The third-order valence-electron chi connectivity index (χ3n) is 2.55. The molecule has 0 aromatic carbocycles. The molecular weight excluding hydrogens is 196 g/mol. The molecule has 0 amide bonds. The second-order valence-electron chi connectivity index (χ2n) is 5.68. The van der Waals surface area contributed by atoms with Crippen molar-refractivity contribution in [1.29, 1.82) is 0 Å². The van der Waals surface area contributed by atoms with Gasteiger partial charge in [0.2, 0.25) is 0 Å². The number of carbonyl (C=O) groups is 1. The van der Waals surface area contributed by atoms with Crippen LogP contribution in [0.5, 0.6) is 0 Å². The molecule has 0 unspecified atom stereocenters. The van der Waals surface area contributed by atoms with E-state index < -0.39 is 0 Å². The fourth-order valence-corrected chi connectivity index (χ4v) is 1.51. The Balaban J connectivity index is 3.48. The summed E-state index contributed by atoms with van der Waals surface area (Å²) in [4.78, 5) is 11.5. The van der Waals surface area contributed by atoms with Gasteiger partial charge < -0.3 is 0 Å². The highest BCUT2D eigenvalue weighted by molar-refractivity contribution is 5.89. The van der Waals surface area contributed by atoms with Gasteiger partial charge >= 0.3 is 0 Å². The van der Waals surface area contributed by atoms with Crippen LogP contribution in [0, 0.1) is 5.41 Å². The molecule has 0 fully saturated rings. The van der Waals surface area contributed by atoms with E-state index >= 15 is 0 Å². The Kier molecular flexibility index (Phi) is 8.23. The summed E-state index contributed by atoms with van der Waals surface area (Å²) in [6.07, 6.45) is 12.0. The molecule has 0 N–H and O–H groups in total. The zero-order valence-electron chi connectivity index (χ0n) is 11.5. The van der Waals surface area contributed by atoms with Gasteiger partial charge in [-0.05, 0) is 17.9 Å². The summed E-state index contributed by atoms with van der Waals surface area (Å²) in [6, 6.07) is 0. The third-order valence-corrected chi connectivity index (χ3v) is 2.55. The standard InChI is InChI=1S/C15H28O/c1-5-6-7-8-9-10-11-14(16)12-13-15(2,3)4/h12-13H,5-11H2,1-4H3/b13-12+. The van der Waals surface area contributed by atoms with Crippen LogP contribution in [0.2, 0.25) is 0 Å². The minimum Gasteiger partial charge on any atom is -0.295 e. The zero-order valence-corrected chi connectivity index (χ0v) is 11.5. The van der Waals surface area contributed by atoms with E-state index in [0.29, 0.717) is 0 Å². The fourth-order valence-electron chi connectivity index (χ4n) is 1.51. The number of unbranched alkanes of at least 4 members (excludes halogenated alkanes) is 5. The van der Waals surface area contributed by atoms with Crippen LogP contribution < -0.4 is 0 Å². The van der Waals surface area contributed by atoms with E-state index in [9.17, 15) is 4.79 Å². The lowest BCUT2D eigenvalue weighted by Crippen LogP contribution is -2.01. The molecule has 0 atom stereocenters. The Morgan fingerprint density at radius 2 is 1.56 bits per heavy atom. The second-order valence-corrected chi connectivity index (χ2v) is 5.68. The minimum absolute atomic E-state index is 0.122. The van der Waals surface area contributed by atoms with Crippen LogP contribution in [0.1, 0.15) is 72.6 Å². The highest BCUT2D eigenvalue weighted by Crippen LogP contribution is 2.15. The molecule has 0 aliphatic carbocycles. The van der Waals surface area contributed by atoms with Crippen molar-refractivity contribution >= 4 is 5.78 Å². The monoisotopic (exact) mass is 224 g/mol. The predicted molar refractivity (Wildman–Crippen MR) is 71.6 cm³/mol. The SMILES string of the molecule is CCCCCCCCC(=O)/C=C/C(C)(C)C. The largest absolute Gasteiger partial charge is 0.295 e. The highest BCUT2D eigenvalue weighted by Gasteiger charge is 2.05. The summed E-state index contributed by atoms with van der Waals surface area (Å²) in [6.45, 7) is 8.56. The molecule has 0 heterocycles. The topological polar surface area (TPSA) is 17.1 Å². The van der Waals surface area contributed by atoms with E-state index in [1.54, 1.807) is 6.08 Å². The van der Waals surface area contributed by atoms with Gasteiger partial charge in [-0.15, -0.1) is 0 Å². The summed E-state index contributed by atoms with van der Waals surface area (Å²) in [5, 5.41) is 0. The van der Waals surface area contributed by atoms with Crippen LogP contribution >= 0.6 is 0 Å². The van der Waals surface area contributed by atoms with Crippen molar-refractivity contribution in [3.63, 3.8) is 0 Å². The minimum atomic E-state index is 0.122. The van der Waals surface area contributed by atoms with Crippen LogP contribution in [-0.2, 0) is 4.79 Å². The molecule has 0 rings (SSSR count). The quantitative estimate of drug-likeness (QED) is 0.423. The summed E-state index contributed by atoms with van der Waals surface area (Å²) < 4.78 is 0. The van der Waals surface area contributed by atoms with Crippen molar-refractivity contribution in [2.45, 2.75) is 72.6 Å². The second kappa shape index (κ2) is 8.55. The van der Waals surface area contributed by atoms with Gasteiger partial charge in [0.05, 0.1) is 0 Å². The van der Waals surface area contributed by atoms with Crippen molar-refractivity contribution in [3.05, 3.63) is 12.2 Å². The number of hydrogen-bond donors (Lipinski definition) is 0. The maximum atomic E-state index is 11.5. The molecule has 0 aromatic rings. The molecule has 94 valence electrons. The molecular formula is C15H28O. The molecule has 0 saturated carbocycles. The molecule has 16 heavy (non-hydrogen) atoms. The van der Waals surface area contributed by atoms with Gasteiger partial charge in [0.1, 0.15) is 0 Å². The lowest BCUT2D eigenvalue weighted by atomic mass is 9.95. The van der Waals surface area contributed by atoms with Gasteiger partial charge in [0.25, 0.3) is 0 Å². The fraction of sp³-hybridized carbons (Fsp3) is 0.800. The third kappa shape index (κ3) is 11.5. The van der Waals surface area contributed by atoms with Crippen LogP contribution in [0.25, 0.3) is 0 Å². The Morgan fingerprint density at radius 1 is 1.00 bits per heavy atom. The Hall–Kier alpha value is -0.590. The van der Waals surface area contributed by atoms with Crippen molar-refractivity contribution < 1.29 is 4.79 Å². The Morgan fingerprint density at radius 3 is 2.12 bits per heavy atom. The van der Waals surface area contributed by atoms with E-state index in [1.807, 2.05) is 6.08 Å². The molecule has 0 radical (unpaired) electrons. The average Bonchev–Trinajstić information content (AvgIpc) is 2.19. The first-order valence-electron chi connectivity index (χ1n) is 6.68. The van der Waals surface area contributed by atoms with Crippen LogP contribution in [0.3, 0.4) is 0 Å². The summed E-state index contributed by atoms with van der Waals surface area (Å²) >= 11 is 0. The Labute approximate surface area is 101 Å². The van der Waals surface area contributed by atoms with E-state index in [1.165, 1.54) is 32.1 Å². The van der Waals surface area contributed by atoms with Gasteiger partial charge in [-0.2, -0.15) is 0 Å². The molecule has 0 aliphatic heterocycles. The van der Waals surface area contributed by atoms with E-state index in [2.05, 4.69) is 27.7 Å². The number of allylic oxidation sites excluding steroid dienone is 2. The van der Waals surface area contributed by atoms with Gasteiger partial charge in [0.15, 0.2) is 5.78 Å². The summed E-state index contributed by atoms with van der Waals surface area (Å²) in [5.74, 6) is 0.283. The van der Waals surface area contributed by atoms with Gasteiger partial charge in [0, 0.05) is 6.42 Å². The molecule has 0 bridgehead atoms. The first-order valence-corrected chi connectivity index (χ1v) is 6.68. The smallest absolute Gasteiger partial charge is 0.155 e. The normalized spacial score (nSPS) is 12.2. The average molecular weight is 224 g/mol. The highest BCUT2D eigenvalue weighted by atomic mass is 16.1.